The Balaban J connectivity index is 1.75. The Morgan fingerprint density at radius 2 is 2.25 bits per heavy atom. The van der Waals surface area contributed by atoms with Crippen molar-refractivity contribution >= 4 is 11.4 Å². The average molecular weight is 391 g/mol. The maximum atomic E-state index is 12.5. The fourth-order valence-corrected chi connectivity index (χ4v) is 3.51. The fourth-order valence-electron chi connectivity index (χ4n) is 3.51. The van der Waals surface area contributed by atoms with Crippen molar-refractivity contribution in [2.24, 2.45) is 0 Å². The molecule has 152 valence electrons. The highest BCUT2D eigenvalue weighted by Gasteiger charge is 2.32. The van der Waals surface area contributed by atoms with E-state index >= 15 is 0 Å². The number of anilines is 2. The molecule has 0 spiro atoms. The molecule has 3 unspecified atom stereocenters. The van der Waals surface area contributed by atoms with Crippen molar-refractivity contribution in [3.05, 3.63) is 57.4 Å². The summed E-state index contributed by atoms with van der Waals surface area (Å²) in [6.07, 6.45) is 4.21. The van der Waals surface area contributed by atoms with Gasteiger partial charge in [0.25, 0.3) is 6.04 Å². The quantitative estimate of drug-likeness (QED) is 0.549. The van der Waals surface area contributed by atoms with Gasteiger partial charge in [0.15, 0.2) is 5.76 Å². The molecule has 1 aromatic rings. The second kappa shape index (κ2) is 8.60. The van der Waals surface area contributed by atoms with Crippen LogP contribution < -0.4 is 10.2 Å². The van der Waals surface area contributed by atoms with Crippen LogP contribution in [0.2, 0.25) is 0 Å². The smallest absolute Gasteiger partial charge is 0.272 e. The molecule has 0 saturated carbocycles. The van der Waals surface area contributed by atoms with Crippen LogP contribution in [-0.4, -0.2) is 55.6 Å². The van der Waals surface area contributed by atoms with Gasteiger partial charge in [-0.1, -0.05) is 6.08 Å². The van der Waals surface area contributed by atoms with Crippen LogP contribution in [0, 0.1) is 10.1 Å². The van der Waals surface area contributed by atoms with Gasteiger partial charge in [0.2, 0.25) is 0 Å². The Kier molecular flexibility index (Phi) is 6.18. The third kappa shape index (κ3) is 4.44. The molecule has 2 aliphatic rings. The predicted octanol–water partition coefficient (Wildman–Crippen LogP) is 2.69. The fraction of sp³-hybridized carbons (Fsp3) is 0.500. The molecule has 0 amide bonds. The van der Waals surface area contributed by atoms with E-state index in [0.717, 1.165) is 29.8 Å². The largest absolute Gasteiger partial charge is 0.488 e. The lowest BCUT2D eigenvalue weighted by atomic mass is 9.89. The van der Waals surface area contributed by atoms with Crippen molar-refractivity contribution in [3.63, 3.8) is 0 Å². The molecule has 3 rings (SSSR count). The lowest BCUT2D eigenvalue weighted by Crippen LogP contribution is -2.32. The van der Waals surface area contributed by atoms with E-state index in [0.29, 0.717) is 0 Å². The van der Waals surface area contributed by atoms with E-state index in [1.165, 1.54) is 5.56 Å². The molecule has 7 nitrogen and oxygen atoms in total. The van der Waals surface area contributed by atoms with Crippen LogP contribution in [-0.2, 0) is 11.2 Å². The lowest BCUT2D eigenvalue weighted by Gasteiger charge is -2.31. The van der Waals surface area contributed by atoms with Crippen molar-refractivity contribution in [2.45, 2.75) is 37.5 Å². The first-order valence-electron chi connectivity index (χ1n) is 9.37. The van der Waals surface area contributed by atoms with Crippen LogP contribution >= 0.6 is 0 Å². The molecular formula is C20H26FN3O4. The molecule has 0 bridgehead atoms. The zero-order chi connectivity index (χ0) is 20.3. The zero-order valence-electron chi connectivity index (χ0n) is 16.1. The second-order valence-electron chi connectivity index (χ2n) is 7.38. The molecular weight excluding hydrogens is 365 g/mol. The second-order valence-corrected chi connectivity index (χ2v) is 7.38. The topological polar surface area (TPSA) is 87.9 Å². The number of fused-ring (bicyclic) bond motifs is 1. The molecule has 1 aliphatic carbocycles. The lowest BCUT2D eigenvalue weighted by molar-refractivity contribution is -0.516. The first kappa shape index (κ1) is 20.1. The Morgan fingerprint density at radius 1 is 1.46 bits per heavy atom. The van der Waals surface area contributed by atoms with Gasteiger partial charge in [-0.3, -0.25) is 10.1 Å². The van der Waals surface area contributed by atoms with Crippen LogP contribution in [0.5, 0.6) is 0 Å². The number of nitrogens with one attached hydrogen (secondary N) is 1. The van der Waals surface area contributed by atoms with E-state index in [-0.39, 0.29) is 24.8 Å². The Bertz CT molecular complexity index is 794. The van der Waals surface area contributed by atoms with E-state index < -0.39 is 23.7 Å². The number of rotatable bonds is 7. The van der Waals surface area contributed by atoms with Crippen LogP contribution in [0.1, 0.15) is 18.4 Å². The number of ether oxygens (including phenoxy) is 1. The normalized spacial score (nSPS) is 22.3. The Hall–Kier alpha value is -2.61. The van der Waals surface area contributed by atoms with Crippen LogP contribution in [0.4, 0.5) is 15.8 Å². The minimum absolute atomic E-state index is 0.0232. The number of benzene rings is 1. The van der Waals surface area contributed by atoms with Gasteiger partial charge in [-0.25, -0.2) is 4.39 Å². The van der Waals surface area contributed by atoms with E-state index in [9.17, 15) is 19.6 Å². The van der Waals surface area contributed by atoms with Crippen LogP contribution in [0.25, 0.3) is 0 Å². The summed E-state index contributed by atoms with van der Waals surface area (Å²) in [6, 6.07) is 5.29. The highest BCUT2D eigenvalue weighted by molar-refractivity contribution is 5.63. The Morgan fingerprint density at radius 3 is 2.93 bits per heavy atom. The molecule has 3 atom stereocenters. The summed E-state index contributed by atoms with van der Waals surface area (Å²) in [5, 5.41) is 24.2. The SMILES string of the molecule is CN(C)c1ccc2c(c1)CCC(C1=CCC([N+](=O)[O-])C(OCC(O)CF)=C1)N2. The molecule has 1 aromatic carbocycles. The van der Waals surface area contributed by atoms with Crippen molar-refractivity contribution in [2.75, 3.05) is 37.6 Å². The van der Waals surface area contributed by atoms with Gasteiger partial charge < -0.3 is 20.1 Å². The maximum Gasteiger partial charge on any atom is 0.272 e. The first-order chi connectivity index (χ1) is 13.4. The molecule has 28 heavy (non-hydrogen) atoms. The van der Waals surface area contributed by atoms with Gasteiger partial charge in [0.1, 0.15) is 19.4 Å². The van der Waals surface area contributed by atoms with E-state index in [4.69, 9.17) is 4.74 Å². The number of aliphatic hydroxyl groups is 1. The summed E-state index contributed by atoms with van der Waals surface area (Å²) in [7, 11) is 4.01. The van der Waals surface area contributed by atoms with E-state index in [1.54, 1.807) is 6.08 Å². The number of nitrogens with zero attached hydrogens (tertiary/aromatic N) is 2. The van der Waals surface area contributed by atoms with E-state index in [2.05, 4.69) is 28.4 Å². The number of alkyl halides is 1. The zero-order valence-corrected chi connectivity index (χ0v) is 16.1. The molecule has 0 aromatic heterocycles. The van der Waals surface area contributed by atoms with Gasteiger partial charge in [0.05, 0.1) is 6.04 Å². The summed E-state index contributed by atoms with van der Waals surface area (Å²) in [5.74, 6) is 0.172. The monoisotopic (exact) mass is 391 g/mol. The van der Waals surface area contributed by atoms with Gasteiger partial charge in [-0.2, -0.15) is 0 Å². The number of hydrogen-bond donors (Lipinski definition) is 2. The summed E-state index contributed by atoms with van der Waals surface area (Å²) in [6.45, 7) is -1.25. The standard InChI is InChI=1S/C20H26FN3O4/c1-23(2)15-5-7-18-13(9-15)3-6-17(22-18)14-4-8-19(24(26)27)20(10-14)28-12-16(25)11-21/h4-5,7,9-10,16-17,19,22,25H,3,6,8,11-12H2,1-2H3. The Labute approximate surface area is 163 Å². The minimum Gasteiger partial charge on any atom is -0.488 e. The van der Waals surface area contributed by atoms with Crippen molar-refractivity contribution < 1.29 is 19.2 Å². The van der Waals surface area contributed by atoms with E-state index in [1.807, 2.05) is 20.2 Å². The average Bonchev–Trinajstić information content (AvgIpc) is 2.70. The van der Waals surface area contributed by atoms with Crippen LogP contribution in [0.15, 0.2) is 41.7 Å². The number of nitro groups is 1. The highest BCUT2D eigenvalue weighted by Crippen LogP contribution is 2.33. The summed E-state index contributed by atoms with van der Waals surface area (Å²) in [4.78, 5) is 13.0. The first-order valence-corrected chi connectivity index (χ1v) is 9.37. The molecule has 8 heteroatoms. The molecule has 0 fully saturated rings. The van der Waals surface area contributed by atoms with Gasteiger partial charge in [0, 0.05) is 36.8 Å². The van der Waals surface area contributed by atoms with Gasteiger partial charge >= 0.3 is 0 Å². The van der Waals surface area contributed by atoms with Crippen LogP contribution in [0.3, 0.4) is 0 Å². The number of hydrogen-bond acceptors (Lipinski definition) is 6. The van der Waals surface area contributed by atoms with Crippen molar-refractivity contribution in [3.8, 4) is 0 Å². The summed E-state index contributed by atoms with van der Waals surface area (Å²) in [5.41, 5.74) is 4.37. The van der Waals surface area contributed by atoms with Crippen molar-refractivity contribution in [1.82, 2.24) is 0 Å². The molecule has 0 saturated heterocycles. The number of halogens is 1. The number of aryl methyl sites for hydroxylation is 1. The third-order valence-electron chi connectivity index (χ3n) is 5.13. The summed E-state index contributed by atoms with van der Waals surface area (Å²) < 4.78 is 17.9. The van der Waals surface area contributed by atoms with Gasteiger partial charge in [-0.05, 0) is 48.3 Å². The van der Waals surface area contributed by atoms with Crippen molar-refractivity contribution in [1.29, 1.82) is 0 Å². The predicted molar refractivity (Wildman–Crippen MR) is 106 cm³/mol. The highest BCUT2D eigenvalue weighted by atomic mass is 19.1. The number of aliphatic hydroxyl groups excluding tert-OH is 1. The van der Waals surface area contributed by atoms with Gasteiger partial charge in [-0.15, -0.1) is 0 Å². The third-order valence-corrected chi connectivity index (χ3v) is 5.13. The molecule has 1 aliphatic heterocycles. The molecule has 2 N–H and O–H groups in total. The summed E-state index contributed by atoms with van der Waals surface area (Å²) >= 11 is 0. The minimum atomic E-state index is -1.28. The maximum absolute atomic E-state index is 12.5. The molecule has 1 heterocycles. The molecule has 0 radical (unpaired) electrons.